The number of ketones is 1. The Morgan fingerprint density at radius 1 is 1.21 bits per heavy atom. The summed E-state index contributed by atoms with van der Waals surface area (Å²) in [5, 5.41) is 2.82. The Kier molecular flexibility index (Phi) is 5.73. The van der Waals surface area contributed by atoms with Crippen LogP contribution in [0.2, 0.25) is 0 Å². The lowest BCUT2D eigenvalue weighted by molar-refractivity contribution is -0.116. The maximum atomic E-state index is 12.0. The number of Topliss-reactive ketones (excluding diaryl/α,β-unsaturated/α-hetero) is 1. The first-order valence-electron chi connectivity index (χ1n) is 6.48. The van der Waals surface area contributed by atoms with Crippen LogP contribution in [0.25, 0.3) is 0 Å². The molecule has 0 fully saturated rings. The molecule has 0 aliphatic rings. The van der Waals surface area contributed by atoms with E-state index < -0.39 is 4.32 Å². The molecule has 0 bridgehead atoms. The van der Waals surface area contributed by atoms with Crippen LogP contribution < -0.4 is 5.32 Å². The van der Waals surface area contributed by atoms with Gasteiger partial charge in [-0.1, -0.05) is 29.3 Å². The second kappa shape index (κ2) is 6.85. The molecule has 0 unspecified atom stereocenters. The van der Waals surface area contributed by atoms with E-state index in [-0.39, 0.29) is 11.7 Å². The number of halogens is 1. The number of carbonyl (C=O) groups excluding carboxylic acids is 2. The smallest absolute Gasteiger partial charge is 0.224 e. The van der Waals surface area contributed by atoms with Crippen molar-refractivity contribution in [1.29, 1.82) is 0 Å². The lowest BCUT2D eigenvalue weighted by atomic mass is 10.0. The van der Waals surface area contributed by atoms with Crippen molar-refractivity contribution in [3.63, 3.8) is 0 Å². The molecule has 104 valence electrons. The van der Waals surface area contributed by atoms with Gasteiger partial charge in [-0.25, -0.2) is 0 Å². The molecular formula is C15H20BrNO2. The van der Waals surface area contributed by atoms with Crippen LogP contribution in [-0.4, -0.2) is 16.0 Å². The van der Waals surface area contributed by atoms with E-state index in [0.29, 0.717) is 12.0 Å². The highest BCUT2D eigenvalue weighted by molar-refractivity contribution is 9.10. The van der Waals surface area contributed by atoms with Crippen molar-refractivity contribution in [3.05, 3.63) is 29.8 Å². The Labute approximate surface area is 122 Å². The van der Waals surface area contributed by atoms with Gasteiger partial charge in [-0.3, -0.25) is 9.59 Å². The van der Waals surface area contributed by atoms with Crippen LogP contribution in [0.1, 0.15) is 50.4 Å². The highest BCUT2D eigenvalue weighted by Gasteiger charge is 2.24. The SMILES string of the molecule is CCCCC(=O)Nc1ccc(C(=O)C(C)(C)Br)cc1. The monoisotopic (exact) mass is 325 g/mol. The van der Waals surface area contributed by atoms with Gasteiger partial charge in [-0.15, -0.1) is 0 Å². The van der Waals surface area contributed by atoms with Crippen molar-refractivity contribution >= 4 is 33.3 Å². The molecule has 0 heterocycles. The minimum Gasteiger partial charge on any atom is -0.326 e. The van der Waals surface area contributed by atoms with Gasteiger partial charge in [0.2, 0.25) is 5.91 Å². The molecule has 0 aliphatic carbocycles. The molecule has 1 rings (SSSR count). The third-order valence-electron chi connectivity index (χ3n) is 2.73. The molecule has 3 nitrogen and oxygen atoms in total. The second-order valence-electron chi connectivity index (χ2n) is 5.03. The summed E-state index contributed by atoms with van der Waals surface area (Å²) in [5.41, 5.74) is 1.36. The highest BCUT2D eigenvalue weighted by atomic mass is 79.9. The molecule has 0 spiro atoms. The van der Waals surface area contributed by atoms with Crippen molar-refractivity contribution in [2.45, 2.75) is 44.4 Å². The minimum atomic E-state index is -0.571. The van der Waals surface area contributed by atoms with E-state index in [0.717, 1.165) is 18.5 Å². The van der Waals surface area contributed by atoms with Gasteiger partial charge in [0, 0.05) is 17.7 Å². The molecule has 0 saturated carbocycles. The molecule has 0 saturated heterocycles. The number of benzene rings is 1. The number of hydrogen-bond donors (Lipinski definition) is 1. The van der Waals surface area contributed by atoms with Crippen LogP contribution in [0.5, 0.6) is 0 Å². The zero-order chi connectivity index (χ0) is 14.5. The zero-order valence-corrected chi connectivity index (χ0v) is 13.2. The molecule has 0 atom stereocenters. The first-order valence-corrected chi connectivity index (χ1v) is 7.27. The maximum Gasteiger partial charge on any atom is 0.224 e. The van der Waals surface area contributed by atoms with Crippen molar-refractivity contribution in [2.75, 3.05) is 5.32 Å². The van der Waals surface area contributed by atoms with Crippen molar-refractivity contribution in [1.82, 2.24) is 0 Å². The first kappa shape index (κ1) is 15.9. The fourth-order valence-electron chi connectivity index (χ4n) is 1.61. The molecule has 1 aromatic carbocycles. The van der Waals surface area contributed by atoms with Crippen LogP contribution in [0, 0.1) is 0 Å². The summed E-state index contributed by atoms with van der Waals surface area (Å²) in [6.07, 6.45) is 2.42. The number of alkyl halides is 1. The number of amides is 1. The normalized spacial score (nSPS) is 11.2. The Morgan fingerprint density at radius 3 is 2.26 bits per heavy atom. The van der Waals surface area contributed by atoms with E-state index in [9.17, 15) is 9.59 Å². The fraction of sp³-hybridized carbons (Fsp3) is 0.467. The number of hydrogen-bond acceptors (Lipinski definition) is 2. The number of nitrogens with one attached hydrogen (secondary N) is 1. The fourth-order valence-corrected chi connectivity index (χ4v) is 1.84. The van der Waals surface area contributed by atoms with Gasteiger partial charge in [0.15, 0.2) is 5.78 Å². The Bertz CT molecular complexity index is 446. The zero-order valence-electron chi connectivity index (χ0n) is 11.6. The summed E-state index contributed by atoms with van der Waals surface area (Å²) in [6, 6.07) is 6.99. The van der Waals surface area contributed by atoms with Gasteiger partial charge in [0.1, 0.15) is 0 Å². The predicted octanol–water partition coefficient (Wildman–Crippen LogP) is 4.17. The average molecular weight is 326 g/mol. The molecule has 1 N–H and O–H groups in total. The third-order valence-corrected chi connectivity index (χ3v) is 3.09. The van der Waals surface area contributed by atoms with E-state index in [1.165, 1.54) is 0 Å². The molecular weight excluding hydrogens is 306 g/mol. The van der Waals surface area contributed by atoms with Crippen molar-refractivity contribution in [3.8, 4) is 0 Å². The third kappa shape index (κ3) is 5.15. The number of unbranched alkanes of at least 4 members (excludes halogenated alkanes) is 1. The van der Waals surface area contributed by atoms with E-state index in [1.807, 2.05) is 13.8 Å². The summed E-state index contributed by atoms with van der Waals surface area (Å²) in [6.45, 7) is 5.68. The van der Waals surface area contributed by atoms with Gasteiger partial charge >= 0.3 is 0 Å². The van der Waals surface area contributed by atoms with E-state index in [1.54, 1.807) is 24.3 Å². The minimum absolute atomic E-state index is 0.0155. The first-order chi connectivity index (χ1) is 8.84. The van der Waals surface area contributed by atoms with Gasteiger partial charge in [-0.2, -0.15) is 0 Å². The summed E-state index contributed by atoms with van der Waals surface area (Å²) in [4.78, 5) is 23.6. The van der Waals surface area contributed by atoms with E-state index in [2.05, 4.69) is 28.2 Å². The summed E-state index contributed by atoms with van der Waals surface area (Å²) >= 11 is 3.35. The molecule has 0 aromatic heterocycles. The molecule has 0 aliphatic heterocycles. The van der Waals surface area contributed by atoms with Crippen molar-refractivity contribution < 1.29 is 9.59 Å². The lowest BCUT2D eigenvalue weighted by Crippen LogP contribution is -2.23. The maximum absolute atomic E-state index is 12.0. The molecule has 4 heteroatoms. The van der Waals surface area contributed by atoms with Crippen LogP contribution in [0.15, 0.2) is 24.3 Å². The topological polar surface area (TPSA) is 46.2 Å². The van der Waals surface area contributed by atoms with Gasteiger partial charge in [0.05, 0.1) is 4.32 Å². The Hall–Kier alpha value is -1.16. The summed E-state index contributed by atoms with van der Waals surface area (Å²) in [5.74, 6) is 0.0399. The Balaban J connectivity index is 2.67. The van der Waals surface area contributed by atoms with Crippen LogP contribution >= 0.6 is 15.9 Å². The van der Waals surface area contributed by atoms with Crippen LogP contribution in [-0.2, 0) is 4.79 Å². The van der Waals surface area contributed by atoms with Gasteiger partial charge < -0.3 is 5.32 Å². The molecule has 19 heavy (non-hydrogen) atoms. The average Bonchev–Trinajstić information content (AvgIpc) is 2.35. The van der Waals surface area contributed by atoms with E-state index in [4.69, 9.17) is 0 Å². The quantitative estimate of drug-likeness (QED) is 0.630. The lowest BCUT2D eigenvalue weighted by Gasteiger charge is -2.14. The molecule has 1 amide bonds. The van der Waals surface area contributed by atoms with Crippen LogP contribution in [0.4, 0.5) is 5.69 Å². The molecule has 1 aromatic rings. The number of rotatable bonds is 6. The predicted molar refractivity (Wildman–Crippen MR) is 81.9 cm³/mol. The standard InChI is InChI=1S/C15H20BrNO2/c1-4-5-6-13(18)17-12-9-7-11(8-10-12)14(19)15(2,3)16/h7-10H,4-6H2,1-3H3,(H,17,18). The van der Waals surface area contributed by atoms with E-state index >= 15 is 0 Å². The number of anilines is 1. The number of carbonyl (C=O) groups is 2. The largest absolute Gasteiger partial charge is 0.326 e. The Morgan fingerprint density at radius 2 is 1.79 bits per heavy atom. The highest BCUT2D eigenvalue weighted by Crippen LogP contribution is 2.23. The molecule has 0 radical (unpaired) electrons. The van der Waals surface area contributed by atoms with Crippen LogP contribution in [0.3, 0.4) is 0 Å². The van der Waals surface area contributed by atoms with Gasteiger partial charge in [0.25, 0.3) is 0 Å². The summed E-state index contributed by atoms with van der Waals surface area (Å²) < 4.78 is -0.571. The summed E-state index contributed by atoms with van der Waals surface area (Å²) in [7, 11) is 0. The second-order valence-corrected chi connectivity index (χ2v) is 7.01. The van der Waals surface area contributed by atoms with Crippen molar-refractivity contribution in [2.24, 2.45) is 0 Å². The van der Waals surface area contributed by atoms with Gasteiger partial charge in [-0.05, 0) is 44.5 Å².